The molecule has 10 heteroatoms. The van der Waals surface area contributed by atoms with Gasteiger partial charge in [0.05, 0.1) is 30.3 Å². The van der Waals surface area contributed by atoms with Crippen molar-refractivity contribution in [2.75, 3.05) is 4.90 Å². The van der Waals surface area contributed by atoms with Crippen molar-refractivity contribution < 1.29 is 23.9 Å². The van der Waals surface area contributed by atoms with Gasteiger partial charge in [0.25, 0.3) is 11.8 Å². The van der Waals surface area contributed by atoms with Gasteiger partial charge in [-0.1, -0.05) is 30.3 Å². The van der Waals surface area contributed by atoms with Crippen molar-refractivity contribution in [3.63, 3.8) is 0 Å². The summed E-state index contributed by atoms with van der Waals surface area (Å²) in [6.07, 6.45) is 5.96. The third-order valence-electron chi connectivity index (χ3n) is 5.67. The normalized spacial score (nSPS) is 15.0. The molecule has 5 rings (SSSR count). The number of aromatic amines is 1. The molecule has 0 aliphatic carbocycles. The molecule has 1 atom stereocenters. The zero-order valence-electron chi connectivity index (χ0n) is 19.3. The van der Waals surface area contributed by atoms with Crippen molar-refractivity contribution in [3.05, 3.63) is 114 Å². The van der Waals surface area contributed by atoms with Crippen LogP contribution in [-0.2, 0) is 16.0 Å². The minimum Gasteiger partial charge on any atom is -0.548 e. The van der Waals surface area contributed by atoms with Gasteiger partial charge in [-0.25, -0.2) is 9.98 Å². The maximum Gasteiger partial charge on any atom is 0.282 e. The SMILES string of the molecule is O=C(N[C@@H](Cc1cnc[nH]1)C(=O)[O-])c1ccc(N2C(=O)/C(=C\c3ccco3)N=C2c2ccccc2)cc1. The average Bonchev–Trinajstić information content (AvgIpc) is 3.68. The highest BCUT2D eigenvalue weighted by Crippen LogP contribution is 2.28. The fraction of sp³-hybridized carbons (Fsp3) is 0.0741. The van der Waals surface area contributed by atoms with Crippen molar-refractivity contribution >= 4 is 35.4 Å². The van der Waals surface area contributed by atoms with E-state index >= 15 is 0 Å². The quantitative estimate of drug-likeness (QED) is 0.358. The second-order valence-corrected chi connectivity index (χ2v) is 8.16. The van der Waals surface area contributed by atoms with Crippen LogP contribution in [0.5, 0.6) is 0 Å². The fourth-order valence-corrected chi connectivity index (χ4v) is 3.86. The number of imidazole rings is 1. The largest absolute Gasteiger partial charge is 0.548 e. The number of carbonyl (C=O) groups excluding carboxylic acids is 3. The van der Waals surface area contributed by atoms with E-state index in [1.54, 1.807) is 30.3 Å². The fourth-order valence-electron chi connectivity index (χ4n) is 3.86. The van der Waals surface area contributed by atoms with Gasteiger partial charge < -0.3 is 24.6 Å². The average molecular weight is 494 g/mol. The number of carboxylic acids is 1. The van der Waals surface area contributed by atoms with Gasteiger partial charge in [-0.3, -0.25) is 14.5 Å². The van der Waals surface area contributed by atoms with E-state index in [0.29, 0.717) is 23.0 Å². The van der Waals surface area contributed by atoms with E-state index in [1.807, 2.05) is 30.3 Å². The number of amidine groups is 1. The summed E-state index contributed by atoms with van der Waals surface area (Å²) in [6, 6.07) is 17.7. The second kappa shape index (κ2) is 10.2. The molecule has 1 aliphatic heterocycles. The van der Waals surface area contributed by atoms with Crippen LogP contribution in [0.1, 0.15) is 27.4 Å². The lowest BCUT2D eigenvalue weighted by atomic mass is 10.1. The summed E-state index contributed by atoms with van der Waals surface area (Å²) in [6.45, 7) is 0. The number of benzene rings is 2. The van der Waals surface area contributed by atoms with E-state index in [2.05, 4.69) is 20.3 Å². The van der Waals surface area contributed by atoms with Crippen molar-refractivity contribution in [1.82, 2.24) is 15.3 Å². The lowest BCUT2D eigenvalue weighted by Gasteiger charge is -2.20. The van der Waals surface area contributed by atoms with Gasteiger partial charge in [0.2, 0.25) is 0 Å². The first-order valence-corrected chi connectivity index (χ1v) is 11.3. The van der Waals surface area contributed by atoms with Crippen LogP contribution in [0.25, 0.3) is 6.08 Å². The number of hydrogen-bond acceptors (Lipinski definition) is 7. The standard InChI is InChI=1S/C27H21N5O5/c33-25(31-23(27(35)36)13-19-15-28-16-29-19)18-8-10-20(11-9-18)32-24(17-5-2-1-3-6-17)30-22(26(32)34)14-21-7-4-12-37-21/h1-12,14-16,23H,13H2,(H,28,29)(H,31,33)(H,35,36)/p-1/b22-14+/t23-/m0/s1. The van der Waals surface area contributed by atoms with Crippen LogP contribution in [0.3, 0.4) is 0 Å². The third-order valence-corrected chi connectivity index (χ3v) is 5.67. The van der Waals surface area contributed by atoms with Crippen LogP contribution in [0.4, 0.5) is 5.69 Å². The molecule has 10 nitrogen and oxygen atoms in total. The van der Waals surface area contributed by atoms with E-state index in [0.717, 1.165) is 5.56 Å². The van der Waals surface area contributed by atoms with Crippen LogP contribution in [0.2, 0.25) is 0 Å². The van der Waals surface area contributed by atoms with Crippen LogP contribution < -0.4 is 15.3 Å². The minimum absolute atomic E-state index is 0.00385. The number of aromatic nitrogens is 2. The van der Waals surface area contributed by atoms with Gasteiger partial charge in [0, 0.05) is 35.5 Å². The van der Waals surface area contributed by atoms with Crippen molar-refractivity contribution in [2.45, 2.75) is 12.5 Å². The first-order chi connectivity index (χ1) is 18.0. The number of hydrogen-bond donors (Lipinski definition) is 2. The van der Waals surface area contributed by atoms with Gasteiger partial charge in [-0.15, -0.1) is 0 Å². The molecule has 0 spiro atoms. The highest BCUT2D eigenvalue weighted by molar-refractivity contribution is 6.33. The van der Waals surface area contributed by atoms with Crippen molar-refractivity contribution in [3.8, 4) is 0 Å². The zero-order chi connectivity index (χ0) is 25.8. The molecule has 0 saturated heterocycles. The van der Waals surface area contributed by atoms with Gasteiger partial charge in [-0.05, 0) is 36.4 Å². The second-order valence-electron chi connectivity index (χ2n) is 8.16. The molecule has 0 saturated carbocycles. The lowest BCUT2D eigenvalue weighted by Crippen LogP contribution is -2.49. The number of aliphatic imine (C=N–C) groups is 1. The zero-order valence-corrected chi connectivity index (χ0v) is 19.3. The Kier molecular flexibility index (Phi) is 6.45. The number of furan rings is 1. The summed E-state index contributed by atoms with van der Waals surface area (Å²) in [5, 5.41) is 14.0. The summed E-state index contributed by atoms with van der Waals surface area (Å²) in [5.74, 6) is -1.45. The topological polar surface area (TPSA) is 144 Å². The van der Waals surface area contributed by atoms with E-state index in [-0.39, 0.29) is 23.6 Å². The maximum atomic E-state index is 13.3. The number of rotatable bonds is 8. The summed E-state index contributed by atoms with van der Waals surface area (Å²) in [5.41, 5.74) is 2.18. The summed E-state index contributed by atoms with van der Waals surface area (Å²) < 4.78 is 5.34. The number of H-pyrrole nitrogens is 1. The molecule has 184 valence electrons. The number of amides is 2. The smallest absolute Gasteiger partial charge is 0.282 e. The Morgan fingerprint density at radius 1 is 1.08 bits per heavy atom. The molecule has 2 amide bonds. The van der Waals surface area contributed by atoms with Gasteiger partial charge in [0.15, 0.2) is 0 Å². The van der Waals surface area contributed by atoms with Crippen molar-refractivity contribution in [1.29, 1.82) is 0 Å². The van der Waals surface area contributed by atoms with E-state index in [9.17, 15) is 19.5 Å². The minimum atomic E-state index is -1.41. The summed E-state index contributed by atoms with van der Waals surface area (Å²) in [4.78, 5) is 50.3. The van der Waals surface area contributed by atoms with Gasteiger partial charge in [-0.2, -0.15) is 0 Å². The lowest BCUT2D eigenvalue weighted by molar-refractivity contribution is -0.308. The molecule has 3 heterocycles. The number of anilines is 1. The van der Waals surface area contributed by atoms with E-state index < -0.39 is 17.9 Å². The molecule has 2 N–H and O–H groups in total. The molecule has 0 bridgehead atoms. The Hall–Kier alpha value is -5.25. The van der Waals surface area contributed by atoms with Crippen molar-refractivity contribution in [2.24, 2.45) is 4.99 Å². The Morgan fingerprint density at radius 2 is 1.86 bits per heavy atom. The van der Waals surface area contributed by atoms with E-state index in [4.69, 9.17) is 4.42 Å². The first kappa shape index (κ1) is 23.5. The highest BCUT2D eigenvalue weighted by Gasteiger charge is 2.32. The number of carbonyl (C=O) groups is 3. The monoisotopic (exact) mass is 494 g/mol. The number of nitrogens with one attached hydrogen (secondary N) is 2. The maximum absolute atomic E-state index is 13.3. The van der Waals surface area contributed by atoms with Crippen LogP contribution in [0.15, 0.2) is 101 Å². The Balaban J connectivity index is 1.39. The molecule has 1 aliphatic rings. The summed E-state index contributed by atoms with van der Waals surface area (Å²) >= 11 is 0. The molecule has 0 unspecified atom stereocenters. The highest BCUT2D eigenvalue weighted by atomic mass is 16.4. The first-order valence-electron chi connectivity index (χ1n) is 11.3. The molecule has 2 aromatic heterocycles. The van der Waals surface area contributed by atoms with Crippen LogP contribution >= 0.6 is 0 Å². The van der Waals surface area contributed by atoms with Gasteiger partial charge >= 0.3 is 0 Å². The molecular formula is C27H20N5O5-. The molecule has 2 aromatic carbocycles. The van der Waals surface area contributed by atoms with Crippen LogP contribution in [-0.4, -0.2) is 39.6 Å². The summed E-state index contributed by atoms with van der Waals surface area (Å²) in [7, 11) is 0. The molecule has 4 aromatic rings. The Labute approximate surface area is 211 Å². The third kappa shape index (κ3) is 5.08. The molecular weight excluding hydrogens is 474 g/mol. The molecule has 37 heavy (non-hydrogen) atoms. The van der Waals surface area contributed by atoms with Crippen LogP contribution in [0, 0.1) is 0 Å². The van der Waals surface area contributed by atoms with E-state index in [1.165, 1.54) is 35.8 Å². The Morgan fingerprint density at radius 3 is 2.51 bits per heavy atom. The predicted octanol–water partition coefficient (Wildman–Crippen LogP) is 1.93. The number of nitrogens with zero attached hydrogens (tertiary/aromatic N) is 3. The Bertz CT molecular complexity index is 1470. The molecule has 0 radical (unpaired) electrons. The number of aliphatic carboxylic acids is 1. The number of carboxylic acid groups (broad SMARTS) is 1. The molecule has 0 fully saturated rings. The van der Waals surface area contributed by atoms with Gasteiger partial charge in [0.1, 0.15) is 17.3 Å². The predicted molar refractivity (Wildman–Crippen MR) is 132 cm³/mol.